The second kappa shape index (κ2) is 4.22. The number of nitriles is 1. The molecule has 1 aliphatic carbocycles. The Morgan fingerprint density at radius 3 is 2.75 bits per heavy atom. The molecule has 1 saturated carbocycles. The molecule has 4 nitrogen and oxygen atoms in total. The first-order chi connectivity index (χ1) is 7.66. The minimum absolute atomic E-state index is 0.240. The Kier molecular flexibility index (Phi) is 2.92. The van der Waals surface area contributed by atoms with Gasteiger partial charge in [0.05, 0.1) is 6.07 Å². The van der Waals surface area contributed by atoms with E-state index in [1.165, 1.54) is 0 Å². The Balaban J connectivity index is 2.08. The summed E-state index contributed by atoms with van der Waals surface area (Å²) in [6.07, 6.45) is 3.84. The molecule has 1 aliphatic rings. The Bertz CT molecular complexity index is 445. The molecule has 0 unspecified atom stereocenters. The molecule has 0 bridgehead atoms. The lowest BCUT2D eigenvalue weighted by Gasteiger charge is -2.33. The number of amides is 1. The number of aromatic nitrogens is 1. The Labute approximate surface area is 102 Å². The molecule has 0 aliphatic heterocycles. The lowest BCUT2D eigenvalue weighted by atomic mass is 9.69. The van der Waals surface area contributed by atoms with Gasteiger partial charge in [-0.25, -0.2) is 4.98 Å². The zero-order valence-electron chi connectivity index (χ0n) is 8.53. The van der Waals surface area contributed by atoms with Crippen molar-refractivity contribution in [3.05, 3.63) is 22.8 Å². The highest BCUT2D eigenvalue weighted by Gasteiger charge is 2.44. The highest BCUT2D eigenvalue weighted by Crippen LogP contribution is 2.41. The third-order valence-corrected chi connectivity index (χ3v) is 3.29. The molecule has 0 spiro atoms. The smallest absolute Gasteiger partial charge is 0.246 e. The highest BCUT2D eigenvalue weighted by atomic mass is 79.9. The van der Waals surface area contributed by atoms with Gasteiger partial charge in [0, 0.05) is 10.7 Å². The predicted octanol–water partition coefficient (Wildman–Crippen LogP) is 2.48. The number of anilines is 1. The quantitative estimate of drug-likeness (QED) is 0.905. The molecule has 0 atom stereocenters. The fourth-order valence-electron chi connectivity index (χ4n) is 1.61. The van der Waals surface area contributed by atoms with E-state index < -0.39 is 5.41 Å². The summed E-state index contributed by atoms with van der Waals surface area (Å²) in [5, 5.41) is 11.7. The van der Waals surface area contributed by atoms with Crippen molar-refractivity contribution >= 4 is 27.7 Å². The molecular weight excluding hydrogens is 270 g/mol. The topological polar surface area (TPSA) is 65.8 Å². The van der Waals surface area contributed by atoms with Gasteiger partial charge in [0.25, 0.3) is 0 Å². The molecule has 1 fully saturated rings. The summed E-state index contributed by atoms with van der Waals surface area (Å²) in [5.74, 6) is 0.241. The van der Waals surface area contributed by atoms with Crippen molar-refractivity contribution in [2.45, 2.75) is 19.3 Å². The molecule has 1 heterocycles. The largest absolute Gasteiger partial charge is 0.309 e. The lowest BCUT2D eigenvalue weighted by Crippen LogP contribution is -2.40. The first kappa shape index (κ1) is 11.1. The number of carbonyl (C=O) groups excluding carboxylic acids is 1. The number of hydrogen-bond acceptors (Lipinski definition) is 3. The average Bonchev–Trinajstić information content (AvgIpc) is 2.21. The van der Waals surface area contributed by atoms with Crippen LogP contribution in [0.5, 0.6) is 0 Å². The van der Waals surface area contributed by atoms with Gasteiger partial charge in [0.1, 0.15) is 11.2 Å². The van der Waals surface area contributed by atoms with Gasteiger partial charge in [-0.3, -0.25) is 4.79 Å². The van der Waals surface area contributed by atoms with Gasteiger partial charge in [-0.1, -0.05) is 0 Å². The maximum absolute atomic E-state index is 11.8. The van der Waals surface area contributed by atoms with Crippen LogP contribution < -0.4 is 5.32 Å². The van der Waals surface area contributed by atoms with Gasteiger partial charge in [0.2, 0.25) is 5.91 Å². The molecule has 5 heteroatoms. The van der Waals surface area contributed by atoms with E-state index in [4.69, 9.17) is 5.26 Å². The SMILES string of the molecule is N#CC1(C(=O)Nc2ccc(Br)cn2)CCC1. The summed E-state index contributed by atoms with van der Waals surface area (Å²) >= 11 is 3.26. The summed E-state index contributed by atoms with van der Waals surface area (Å²) in [4.78, 5) is 15.9. The molecule has 82 valence electrons. The number of rotatable bonds is 2. The van der Waals surface area contributed by atoms with Crippen molar-refractivity contribution in [2.24, 2.45) is 5.41 Å². The van der Waals surface area contributed by atoms with Gasteiger partial charge >= 0.3 is 0 Å². The number of halogens is 1. The van der Waals surface area contributed by atoms with Crippen LogP contribution in [0.4, 0.5) is 5.82 Å². The van der Waals surface area contributed by atoms with E-state index in [1.54, 1.807) is 18.3 Å². The van der Waals surface area contributed by atoms with Crippen molar-refractivity contribution in [2.75, 3.05) is 5.32 Å². The first-order valence-corrected chi connectivity index (χ1v) is 5.80. The predicted molar refractivity (Wildman–Crippen MR) is 62.5 cm³/mol. The monoisotopic (exact) mass is 279 g/mol. The molecule has 0 radical (unpaired) electrons. The fourth-order valence-corrected chi connectivity index (χ4v) is 1.84. The van der Waals surface area contributed by atoms with Gasteiger partial charge < -0.3 is 5.32 Å². The number of hydrogen-bond donors (Lipinski definition) is 1. The van der Waals surface area contributed by atoms with E-state index in [0.717, 1.165) is 10.9 Å². The first-order valence-electron chi connectivity index (χ1n) is 5.00. The van der Waals surface area contributed by atoms with Crippen LogP contribution in [-0.2, 0) is 4.79 Å². The standard InChI is InChI=1S/C11H10BrN3O/c12-8-2-3-9(14-6-8)15-10(16)11(7-13)4-1-5-11/h2-3,6H,1,4-5H2,(H,14,15,16). The van der Waals surface area contributed by atoms with Crippen LogP contribution in [0.2, 0.25) is 0 Å². The van der Waals surface area contributed by atoms with Crippen molar-refractivity contribution in [1.29, 1.82) is 5.26 Å². The molecule has 0 aromatic carbocycles. The van der Waals surface area contributed by atoms with Gasteiger partial charge in [-0.2, -0.15) is 5.26 Å². The summed E-state index contributed by atoms with van der Waals surface area (Å²) < 4.78 is 0.851. The maximum Gasteiger partial charge on any atom is 0.246 e. The van der Waals surface area contributed by atoms with Gasteiger partial charge in [-0.05, 0) is 47.3 Å². The molecule has 1 N–H and O–H groups in total. The maximum atomic E-state index is 11.8. The molecular formula is C11H10BrN3O. The number of carbonyl (C=O) groups is 1. The van der Waals surface area contributed by atoms with Crippen molar-refractivity contribution in [3.8, 4) is 6.07 Å². The molecule has 1 aromatic heterocycles. The van der Waals surface area contributed by atoms with Crippen LogP contribution >= 0.6 is 15.9 Å². The number of pyridine rings is 1. The highest BCUT2D eigenvalue weighted by molar-refractivity contribution is 9.10. The summed E-state index contributed by atoms with van der Waals surface area (Å²) in [6.45, 7) is 0. The Morgan fingerprint density at radius 1 is 1.56 bits per heavy atom. The van der Waals surface area contributed by atoms with E-state index >= 15 is 0 Å². The second-order valence-corrected chi connectivity index (χ2v) is 4.78. The molecule has 1 amide bonds. The average molecular weight is 280 g/mol. The van der Waals surface area contributed by atoms with Crippen LogP contribution in [0.1, 0.15) is 19.3 Å². The molecule has 2 rings (SSSR count). The van der Waals surface area contributed by atoms with Crippen LogP contribution in [0, 0.1) is 16.7 Å². The van der Waals surface area contributed by atoms with Crippen molar-refractivity contribution in [3.63, 3.8) is 0 Å². The van der Waals surface area contributed by atoms with Gasteiger partial charge in [-0.15, -0.1) is 0 Å². The zero-order chi connectivity index (χ0) is 11.6. The van der Waals surface area contributed by atoms with E-state index in [-0.39, 0.29) is 5.91 Å². The summed E-state index contributed by atoms with van der Waals surface area (Å²) in [6, 6.07) is 5.59. The third kappa shape index (κ3) is 1.93. The van der Waals surface area contributed by atoms with E-state index in [2.05, 4.69) is 32.3 Å². The van der Waals surface area contributed by atoms with E-state index in [0.29, 0.717) is 18.7 Å². The van der Waals surface area contributed by atoms with E-state index in [1.807, 2.05) is 0 Å². The summed E-state index contributed by atoms with van der Waals surface area (Å²) in [7, 11) is 0. The van der Waals surface area contributed by atoms with Crippen LogP contribution in [0.3, 0.4) is 0 Å². The minimum Gasteiger partial charge on any atom is -0.309 e. The molecule has 1 aromatic rings. The minimum atomic E-state index is -0.825. The number of nitrogens with one attached hydrogen (secondary N) is 1. The third-order valence-electron chi connectivity index (χ3n) is 2.82. The Morgan fingerprint density at radius 2 is 2.31 bits per heavy atom. The second-order valence-electron chi connectivity index (χ2n) is 3.86. The zero-order valence-corrected chi connectivity index (χ0v) is 10.1. The number of nitrogens with zero attached hydrogens (tertiary/aromatic N) is 2. The molecule has 0 saturated heterocycles. The Hall–Kier alpha value is -1.41. The fraction of sp³-hybridized carbons (Fsp3) is 0.364. The van der Waals surface area contributed by atoms with Crippen LogP contribution in [-0.4, -0.2) is 10.9 Å². The normalized spacial score (nSPS) is 17.0. The van der Waals surface area contributed by atoms with Crippen molar-refractivity contribution < 1.29 is 4.79 Å². The molecule has 16 heavy (non-hydrogen) atoms. The van der Waals surface area contributed by atoms with Crippen molar-refractivity contribution in [1.82, 2.24) is 4.98 Å². The van der Waals surface area contributed by atoms with Gasteiger partial charge in [0.15, 0.2) is 0 Å². The van der Waals surface area contributed by atoms with Crippen LogP contribution in [0.25, 0.3) is 0 Å². The summed E-state index contributed by atoms with van der Waals surface area (Å²) in [5.41, 5.74) is -0.825. The van der Waals surface area contributed by atoms with E-state index in [9.17, 15) is 4.79 Å². The lowest BCUT2D eigenvalue weighted by molar-refractivity contribution is -0.126. The van der Waals surface area contributed by atoms with Crippen LogP contribution in [0.15, 0.2) is 22.8 Å².